The van der Waals surface area contributed by atoms with Crippen molar-refractivity contribution in [2.75, 3.05) is 7.11 Å². The van der Waals surface area contributed by atoms with Crippen LogP contribution in [0.2, 0.25) is 0 Å². The lowest BCUT2D eigenvalue weighted by atomic mass is 10.1. The van der Waals surface area contributed by atoms with E-state index in [2.05, 4.69) is 0 Å². The summed E-state index contributed by atoms with van der Waals surface area (Å²) in [6.07, 6.45) is 0.118. The van der Waals surface area contributed by atoms with E-state index in [0.29, 0.717) is 5.56 Å². The number of ketones is 1. The average molecular weight is 243 g/mol. The number of rotatable bonds is 4. The molecule has 6 heteroatoms. The smallest absolute Gasteiger partial charge is 0.241 e. The number of hydrogen-bond acceptors (Lipinski definition) is 4. The van der Waals surface area contributed by atoms with E-state index in [9.17, 15) is 13.2 Å². The molecule has 88 valence electrons. The molecule has 0 amide bonds. The summed E-state index contributed by atoms with van der Waals surface area (Å²) in [5.74, 6) is 0.0602. The highest BCUT2D eigenvalue weighted by atomic mass is 32.2. The molecule has 5 nitrogen and oxygen atoms in total. The van der Waals surface area contributed by atoms with Crippen LogP contribution in [0.4, 0.5) is 0 Å². The molecule has 0 aromatic heterocycles. The van der Waals surface area contributed by atoms with Crippen LogP contribution in [0.15, 0.2) is 23.1 Å². The molecule has 0 aliphatic carbocycles. The zero-order valence-electron chi connectivity index (χ0n) is 9.06. The van der Waals surface area contributed by atoms with Gasteiger partial charge in [0.2, 0.25) is 10.0 Å². The Balaban J connectivity index is 3.38. The largest absolute Gasteiger partial charge is 0.495 e. The van der Waals surface area contributed by atoms with Crippen molar-refractivity contribution in [3.05, 3.63) is 23.8 Å². The van der Waals surface area contributed by atoms with Gasteiger partial charge in [-0.1, -0.05) is 12.1 Å². The SMILES string of the molecule is COc1c(CC(C)=O)cccc1S(N)(=O)=O. The summed E-state index contributed by atoms with van der Waals surface area (Å²) in [5, 5.41) is 5.04. The molecule has 0 unspecified atom stereocenters. The van der Waals surface area contributed by atoms with Crippen molar-refractivity contribution in [1.82, 2.24) is 0 Å². The molecule has 0 radical (unpaired) electrons. The maximum Gasteiger partial charge on any atom is 0.241 e. The Hall–Kier alpha value is -1.40. The first-order valence-electron chi connectivity index (χ1n) is 4.54. The van der Waals surface area contributed by atoms with Crippen molar-refractivity contribution in [3.8, 4) is 5.75 Å². The number of primary sulfonamides is 1. The summed E-state index contributed by atoms with van der Waals surface area (Å²) >= 11 is 0. The van der Waals surface area contributed by atoms with Crippen molar-refractivity contribution >= 4 is 15.8 Å². The molecule has 0 saturated heterocycles. The number of methoxy groups -OCH3 is 1. The summed E-state index contributed by atoms with van der Waals surface area (Å²) in [7, 11) is -2.50. The Bertz CT molecular complexity index is 508. The molecule has 1 aromatic rings. The van der Waals surface area contributed by atoms with Crippen molar-refractivity contribution in [2.45, 2.75) is 18.2 Å². The molecule has 0 heterocycles. The van der Waals surface area contributed by atoms with E-state index in [1.54, 1.807) is 6.07 Å². The second kappa shape index (κ2) is 4.63. The molecule has 0 saturated carbocycles. The number of carbonyl (C=O) groups excluding carboxylic acids is 1. The van der Waals surface area contributed by atoms with Gasteiger partial charge in [-0.15, -0.1) is 0 Å². The first kappa shape index (κ1) is 12.7. The Kier molecular flexibility index (Phi) is 3.66. The Labute approximate surface area is 94.3 Å². The van der Waals surface area contributed by atoms with Crippen LogP contribution in [0, 0.1) is 0 Å². The van der Waals surface area contributed by atoms with Crippen molar-refractivity contribution in [2.24, 2.45) is 5.14 Å². The van der Waals surface area contributed by atoms with E-state index in [1.807, 2.05) is 0 Å². The fraction of sp³-hybridized carbons (Fsp3) is 0.300. The maximum absolute atomic E-state index is 11.3. The van der Waals surface area contributed by atoms with E-state index in [0.717, 1.165) is 0 Å². The minimum atomic E-state index is -3.84. The molecule has 1 aromatic carbocycles. The number of ether oxygens (including phenoxy) is 1. The van der Waals surface area contributed by atoms with Gasteiger partial charge in [-0.2, -0.15) is 0 Å². The predicted octanol–water partition coefficient (Wildman–Crippen LogP) is 0.474. The Morgan fingerprint density at radius 2 is 2.06 bits per heavy atom. The maximum atomic E-state index is 11.3. The number of para-hydroxylation sites is 1. The minimum Gasteiger partial charge on any atom is -0.495 e. The van der Waals surface area contributed by atoms with E-state index < -0.39 is 10.0 Å². The third-order valence-electron chi connectivity index (χ3n) is 2.01. The zero-order chi connectivity index (χ0) is 12.3. The lowest BCUT2D eigenvalue weighted by Crippen LogP contribution is -2.14. The van der Waals surface area contributed by atoms with Crippen LogP contribution in [0.3, 0.4) is 0 Å². The van der Waals surface area contributed by atoms with Crippen molar-refractivity contribution in [1.29, 1.82) is 0 Å². The van der Waals surface area contributed by atoms with Crippen LogP contribution in [0.25, 0.3) is 0 Å². The topological polar surface area (TPSA) is 86.5 Å². The van der Waals surface area contributed by atoms with Crippen LogP contribution in [0.5, 0.6) is 5.75 Å². The third kappa shape index (κ3) is 2.80. The number of sulfonamides is 1. The fourth-order valence-corrected chi connectivity index (χ4v) is 2.17. The lowest BCUT2D eigenvalue weighted by molar-refractivity contribution is -0.116. The first-order valence-corrected chi connectivity index (χ1v) is 6.09. The third-order valence-corrected chi connectivity index (χ3v) is 2.95. The molecule has 16 heavy (non-hydrogen) atoms. The van der Waals surface area contributed by atoms with Crippen LogP contribution in [0.1, 0.15) is 12.5 Å². The molecule has 0 atom stereocenters. The van der Waals surface area contributed by atoms with Gasteiger partial charge in [0.1, 0.15) is 16.4 Å². The number of benzene rings is 1. The Morgan fingerprint density at radius 1 is 1.44 bits per heavy atom. The normalized spacial score (nSPS) is 11.2. The van der Waals surface area contributed by atoms with Gasteiger partial charge in [-0.05, 0) is 13.0 Å². The summed E-state index contributed by atoms with van der Waals surface area (Å²) < 4.78 is 27.5. The zero-order valence-corrected chi connectivity index (χ0v) is 9.87. The fourth-order valence-electron chi connectivity index (χ4n) is 1.42. The average Bonchev–Trinajstić information content (AvgIpc) is 2.15. The standard InChI is InChI=1S/C10H13NO4S/c1-7(12)6-8-4-3-5-9(10(8)15-2)16(11,13)14/h3-5H,6H2,1-2H3,(H2,11,13,14). The van der Waals surface area contributed by atoms with E-state index in [1.165, 1.54) is 26.2 Å². The second-order valence-electron chi connectivity index (χ2n) is 3.37. The Morgan fingerprint density at radius 3 is 2.50 bits per heavy atom. The summed E-state index contributed by atoms with van der Waals surface area (Å²) in [6, 6.07) is 4.51. The second-order valence-corrected chi connectivity index (χ2v) is 4.90. The van der Waals surface area contributed by atoms with Gasteiger partial charge in [0.05, 0.1) is 7.11 Å². The number of hydrogen-bond donors (Lipinski definition) is 1. The number of carbonyl (C=O) groups is 1. The molecule has 0 aliphatic heterocycles. The molecular weight excluding hydrogens is 230 g/mol. The predicted molar refractivity (Wildman–Crippen MR) is 58.8 cm³/mol. The molecule has 0 fully saturated rings. The molecule has 1 rings (SSSR count). The molecule has 0 aliphatic rings. The first-order chi connectivity index (χ1) is 7.36. The van der Waals surface area contributed by atoms with E-state index in [4.69, 9.17) is 9.88 Å². The van der Waals surface area contributed by atoms with Gasteiger partial charge >= 0.3 is 0 Å². The van der Waals surface area contributed by atoms with Crippen LogP contribution in [-0.4, -0.2) is 21.3 Å². The number of nitrogens with two attached hydrogens (primary N) is 1. The van der Waals surface area contributed by atoms with Crippen molar-refractivity contribution in [3.63, 3.8) is 0 Å². The van der Waals surface area contributed by atoms with Gasteiger partial charge in [-0.3, -0.25) is 4.79 Å². The summed E-state index contributed by atoms with van der Waals surface area (Å²) in [4.78, 5) is 10.9. The molecule has 0 bridgehead atoms. The van der Waals surface area contributed by atoms with Gasteiger partial charge < -0.3 is 4.74 Å². The molecule has 0 spiro atoms. The quantitative estimate of drug-likeness (QED) is 0.833. The van der Waals surface area contributed by atoms with Gasteiger partial charge in [0.15, 0.2) is 0 Å². The monoisotopic (exact) mass is 243 g/mol. The van der Waals surface area contributed by atoms with E-state index >= 15 is 0 Å². The summed E-state index contributed by atoms with van der Waals surface area (Å²) in [6.45, 7) is 1.42. The molecular formula is C10H13NO4S. The summed E-state index contributed by atoms with van der Waals surface area (Å²) in [5.41, 5.74) is 0.515. The highest BCUT2D eigenvalue weighted by molar-refractivity contribution is 7.89. The highest BCUT2D eigenvalue weighted by Crippen LogP contribution is 2.27. The van der Waals surface area contributed by atoms with Crippen LogP contribution < -0.4 is 9.88 Å². The number of Topliss-reactive ketones (excluding diaryl/α,β-unsaturated/α-hetero) is 1. The van der Waals surface area contributed by atoms with Gasteiger partial charge in [0, 0.05) is 12.0 Å². The van der Waals surface area contributed by atoms with Gasteiger partial charge in [-0.25, -0.2) is 13.6 Å². The van der Waals surface area contributed by atoms with Crippen molar-refractivity contribution < 1.29 is 17.9 Å². The van der Waals surface area contributed by atoms with Gasteiger partial charge in [0.25, 0.3) is 0 Å². The molecule has 2 N–H and O–H groups in total. The lowest BCUT2D eigenvalue weighted by Gasteiger charge is -2.10. The highest BCUT2D eigenvalue weighted by Gasteiger charge is 2.18. The minimum absolute atomic E-state index is 0.0788. The van der Waals surface area contributed by atoms with Crippen LogP contribution >= 0.6 is 0 Å². The van der Waals surface area contributed by atoms with Crippen LogP contribution in [-0.2, 0) is 21.2 Å². The van der Waals surface area contributed by atoms with E-state index in [-0.39, 0.29) is 22.8 Å².